The Morgan fingerprint density at radius 3 is 2.44 bits per heavy atom. The average Bonchev–Trinajstić information content (AvgIpc) is 2.17. The molecule has 1 rings (SSSR count). The molecule has 0 aliphatic carbocycles. The fraction of sp³-hybridized carbons (Fsp3) is 0.462. The van der Waals surface area contributed by atoms with Gasteiger partial charge in [-0.15, -0.1) is 0 Å². The second kappa shape index (κ2) is 5.85. The second-order valence-electron chi connectivity index (χ2n) is 4.65. The maximum atomic E-state index is 11.5. The van der Waals surface area contributed by atoms with Crippen molar-refractivity contribution in [3.63, 3.8) is 0 Å². The predicted octanol–water partition coefficient (Wildman–Crippen LogP) is 3.32. The highest BCUT2D eigenvalue weighted by atomic mass is 28.4. The molecule has 3 heteroatoms. The van der Waals surface area contributed by atoms with E-state index in [0.29, 0.717) is 6.42 Å². The van der Waals surface area contributed by atoms with E-state index in [0.717, 1.165) is 12.5 Å². The van der Waals surface area contributed by atoms with Crippen molar-refractivity contribution in [2.24, 2.45) is 0 Å². The maximum Gasteiger partial charge on any atom is 0.292 e. The van der Waals surface area contributed by atoms with Crippen LogP contribution in [0.5, 0.6) is 0 Å². The zero-order chi connectivity index (χ0) is 12.0. The molecule has 88 valence electrons. The first kappa shape index (κ1) is 13.0. The Morgan fingerprint density at radius 2 is 1.88 bits per heavy atom. The van der Waals surface area contributed by atoms with Crippen molar-refractivity contribution in [3.8, 4) is 0 Å². The fourth-order valence-electron chi connectivity index (χ4n) is 1.69. The summed E-state index contributed by atoms with van der Waals surface area (Å²) in [7, 11) is -1.89. The summed E-state index contributed by atoms with van der Waals surface area (Å²) in [5.74, 6) is -0.0462. The van der Waals surface area contributed by atoms with Gasteiger partial charge < -0.3 is 4.43 Å². The van der Waals surface area contributed by atoms with Crippen molar-refractivity contribution in [2.45, 2.75) is 38.9 Å². The highest BCUT2D eigenvalue weighted by Gasteiger charge is 2.26. The van der Waals surface area contributed by atoms with Crippen molar-refractivity contribution in [2.75, 3.05) is 0 Å². The minimum Gasteiger partial charge on any atom is -0.519 e. The van der Waals surface area contributed by atoms with Crippen molar-refractivity contribution in [3.05, 3.63) is 35.9 Å². The molecule has 16 heavy (non-hydrogen) atoms. The highest BCUT2D eigenvalue weighted by Crippen LogP contribution is 2.14. The lowest BCUT2D eigenvalue weighted by atomic mass is 10.2. The van der Waals surface area contributed by atoms with Gasteiger partial charge in [-0.3, -0.25) is 4.79 Å². The van der Waals surface area contributed by atoms with Gasteiger partial charge in [0.15, 0.2) is 0 Å². The first-order valence-electron chi connectivity index (χ1n) is 5.79. The van der Waals surface area contributed by atoms with Crippen molar-refractivity contribution < 1.29 is 9.22 Å². The molecule has 0 spiro atoms. The van der Waals surface area contributed by atoms with Crippen molar-refractivity contribution in [1.82, 2.24) is 0 Å². The number of benzene rings is 1. The lowest BCUT2D eigenvalue weighted by molar-refractivity contribution is -0.135. The van der Waals surface area contributed by atoms with Crippen LogP contribution < -0.4 is 0 Å². The van der Waals surface area contributed by atoms with Gasteiger partial charge in [0, 0.05) is 12.5 Å². The Labute approximate surface area is 98.8 Å². The van der Waals surface area contributed by atoms with E-state index in [2.05, 4.69) is 25.2 Å². The molecule has 0 radical (unpaired) electrons. The van der Waals surface area contributed by atoms with Gasteiger partial charge in [0.1, 0.15) is 0 Å². The van der Waals surface area contributed by atoms with Crippen LogP contribution in [-0.2, 0) is 15.3 Å². The van der Waals surface area contributed by atoms with Crippen LogP contribution in [0.3, 0.4) is 0 Å². The maximum absolute atomic E-state index is 11.5. The number of carbonyl (C=O) groups is 1. The van der Waals surface area contributed by atoms with E-state index in [1.807, 2.05) is 25.1 Å². The van der Waals surface area contributed by atoms with Crippen LogP contribution in [0.15, 0.2) is 30.3 Å². The molecule has 0 fully saturated rings. The molecule has 0 heterocycles. The average molecular weight is 236 g/mol. The molecule has 0 amide bonds. The van der Waals surface area contributed by atoms with Gasteiger partial charge in [0.25, 0.3) is 14.3 Å². The Kier molecular flexibility index (Phi) is 4.74. The molecular weight excluding hydrogens is 216 g/mol. The lowest BCUT2D eigenvalue weighted by Crippen LogP contribution is -2.36. The molecule has 0 N–H and O–H groups in total. The van der Waals surface area contributed by atoms with Gasteiger partial charge in [-0.1, -0.05) is 37.3 Å². The summed E-state index contributed by atoms with van der Waals surface area (Å²) in [6.45, 7) is 6.17. The number of carbonyl (C=O) groups excluding carboxylic acids is 1. The molecule has 0 atom stereocenters. The summed E-state index contributed by atoms with van der Waals surface area (Å²) in [4.78, 5) is 11.5. The lowest BCUT2D eigenvalue weighted by Gasteiger charge is -2.22. The third-order valence-corrected chi connectivity index (χ3v) is 4.36. The molecule has 0 bridgehead atoms. The minimum atomic E-state index is -1.89. The van der Waals surface area contributed by atoms with Crippen LogP contribution in [-0.4, -0.2) is 14.3 Å². The number of hydrogen-bond donors (Lipinski definition) is 0. The van der Waals surface area contributed by atoms with Crippen molar-refractivity contribution >= 4 is 14.3 Å². The van der Waals surface area contributed by atoms with Crippen LogP contribution in [0.1, 0.15) is 25.3 Å². The second-order valence-corrected chi connectivity index (χ2v) is 8.72. The molecule has 0 unspecified atom stereocenters. The van der Waals surface area contributed by atoms with Gasteiger partial charge >= 0.3 is 0 Å². The van der Waals surface area contributed by atoms with Crippen molar-refractivity contribution in [1.29, 1.82) is 0 Å². The van der Waals surface area contributed by atoms with Gasteiger partial charge in [-0.25, -0.2) is 0 Å². The van der Waals surface area contributed by atoms with Crippen LogP contribution in [0.2, 0.25) is 13.1 Å². The van der Waals surface area contributed by atoms with Gasteiger partial charge in [-0.2, -0.15) is 0 Å². The smallest absolute Gasteiger partial charge is 0.292 e. The molecule has 0 saturated heterocycles. The normalized spacial score (nSPS) is 11.2. The van der Waals surface area contributed by atoms with E-state index in [1.165, 1.54) is 5.56 Å². The van der Waals surface area contributed by atoms with E-state index in [4.69, 9.17) is 4.43 Å². The number of hydrogen-bond acceptors (Lipinski definition) is 2. The zero-order valence-electron chi connectivity index (χ0n) is 10.3. The zero-order valence-corrected chi connectivity index (χ0v) is 11.3. The fourth-order valence-corrected chi connectivity index (χ4v) is 3.70. The largest absolute Gasteiger partial charge is 0.519 e. The summed E-state index contributed by atoms with van der Waals surface area (Å²) in [6, 6.07) is 11.1. The Balaban J connectivity index is 2.54. The number of rotatable bonds is 5. The molecular formula is C13H20O2Si. The van der Waals surface area contributed by atoms with E-state index in [1.54, 1.807) is 0 Å². The third-order valence-electron chi connectivity index (χ3n) is 2.32. The Morgan fingerprint density at radius 1 is 1.25 bits per heavy atom. The third kappa shape index (κ3) is 4.62. The van der Waals surface area contributed by atoms with E-state index < -0.39 is 8.32 Å². The molecule has 0 aliphatic rings. The van der Waals surface area contributed by atoms with Crippen LogP contribution >= 0.6 is 0 Å². The Bertz CT molecular complexity index is 333. The van der Waals surface area contributed by atoms with E-state index in [-0.39, 0.29) is 5.97 Å². The van der Waals surface area contributed by atoms with Crippen LogP contribution in [0.4, 0.5) is 0 Å². The monoisotopic (exact) mass is 236 g/mol. The molecule has 2 nitrogen and oxygen atoms in total. The predicted molar refractivity (Wildman–Crippen MR) is 68.6 cm³/mol. The van der Waals surface area contributed by atoms with E-state index in [9.17, 15) is 4.79 Å². The molecule has 1 aromatic carbocycles. The molecule has 0 saturated carbocycles. The quantitative estimate of drug-likeness (QED) is 0.733. The topological polar surface area (TPSA) is 26.3 Å². The minimum absolute atomic E-state index is 0.0462. The van der Waals surface area contributed by atoms with Crippen LogP contribution in [0.25, 0.3) is 0 Å². The van der Waals surface area contributed by atoms with Crippen LogP contribution in [0, 0.1) is 0 Å². The highest BCUT2D eigenvalue weighted by molar-refractivity contribution is 6.72. The van der Waals surface area contributed by atoms with Gasteiger partial charge in [-0.05, 0) is 25.1 Å². The first-order valence-corrected chi connectivity index (χ1v) is 8.91. The summed E-state index contributed by atoms with van der Waals surface area (Å²) < 4.78 is 5.58. The van der Waals surface area contributed by atoms with Gasteiger partial charge in [0.2, 0.25) is 0 Å². The molecule has 1 aromatic rings. The first-order chi connectivity index (χ1) is 7.53. The van der Waals surface area contributed by atoms with Gasteiger partial charge in [0.05, 0.1) is 0 Å². The Hall–Kier alpha value is -1.09. The van der Waals surface area contributed by atoms with E-state index >= 15 is 0 Å². The summed E-state index contributed by atoms with van der Waals surface area (Å²) in [5, 5.41) is 0. The molecule has 0 aromatic heterocycles. The summed E-state index contributed by atoms with van der Waals surface area (Å²) in [5.41, 5.74) is 1.25. The summed E-state index contributed by atoms with van der Waals surface area (Å²) >= 11 is 0. The summed E-state index contributed by atoms with van der Waals surface area (Å²) in [6.07, 6.45) is 1.39. The standard InChI is InChI=1S/C13H20O2Si/c1-4-8-13(14)15-16(2,3)11-12-9-6-5-7-10-12/h5-7,9-10H,4,8,11H2,1-3H3. The SMILES string of the molecule is CCCC(=O)O[Si](C)(C)Cc1ccccc1. The molecule has 0 aliphatic heterocycles.